The molecule has 5 aliphatic carbocycles. The van der Waals surface area contributed by atoms with Gasteiger partial charge in [-0.25, -0.2) is 0 Å². The number of aliphatic hydroxyl groups excluding tert-OH is 4. The van der Waals surface area contributed by atoms with Gasteiger partial charge in [-0.2, -0.15) is 0 Å². The largest absolute Gasteiger partial charge is 0.481 e. The van der Waals surface area contributed by atoms with Gasteiger partial charge in [0.1, 0.15) is 6.04 Å². The molecule has 0 aliphatic heterocycles. The maximum Gasteiger partial charge on any atom is 0.303 e. The minimum absolute atomic E-state index is 0.0126. The fraction of sp³-hybridized carbons (Fsp3) is 0.917. The molecule has 262 valence electrons. The Kier molecular flexibility index (Phi) is 10.8. The maximum absolute atomic E-state index is 13.0. The standard InChI is InChI=1S/C36H60N2O8/c1-21(7-10-30(43)38-27(19-39)33(46)37-20-36(18-31(44)45)12-5-4-6-13-36)24-8-9-25-32-26(17-29(42)35(24,25)3)34(2)14-11-23(40)15-22(34)16-28(32)41/h21-29,32,39-42H,4-20H2,1-3H3,(H,37,46)(H,38,43)(H,44,45)/t21-,22?,23-,24?,25?,26?,27?,28-,29+,32?,34?,35?/m1/s1. The molecule has 0 aromatic heterocycles. The molecule has 0 radical (unpaired) electrons. The van der Waals surface area contributed by atoms with Crippen molar-refractivity contribution in [2.24, 2.45) is 51.8 Å². The van der Waals surface area contributed by atoms with Crippen molar-refractivity contribution in [1.82, 2.24) is 10.6 Å². The average Bonchev–Trinajstić information content (AvgIpc) is 3.37. The first-order chi connectivity index (χ1) is 21.7. The molecule has 12 atom stereocenters. The summed E-state index contributed by atoms with van der Waals surface area (Å²) in [6.45, 7) is 6.35. The molecular weight excluding hydrogens is 588 g/mol. The van der Waals surface area contributed by atoms with Gasteiger partial charge in [0, 0.05) is 13.0 Å². The van der Waals surface area contributed by atoms with Crippen LogP contribution in [0.15, 0.2) is 0 Å². The molecule has 8 unspecified atom stereocenters. The first kappa shape index (κ1) is 35.6. The minimum atomic E-state index is -1.10. The summed E-state index contributed by atoms with van der Waals surface area (Å²) in [7, 11) is 0. The Labute approximate surface area is 274 Å². The minimum Gasteiger partial charge on any atom is -0.481 e. The molecule has 10 nitrogen and oxygen atoms in total. The van der Waals surface area contributed by atoms with E-state index >= 15 is 0 Å². The van der Waals surface area contributed by atoms with Gasteiger partial charge in [0.05, 0.1) is 31.3 Å². The van der Waals surface area contributed by atoms with Gasteiger partial charge in [0.15, 0.2) is 0 Å². The number of aliphatic hydroxyl groups is 4. The molecule has 0 aromatic carbocycles. The SMILES string of the molecule is C[C@H](CCC(=O)NC(CO)C(=O)NCC1(CC(=O)O)CCCCC1)C1CCC2C3C(C[C@H](O)C21C)C1(C)CC[C@@H](O)CC1C[C@H]3O. The van der Waals surface area contributed by atoms with Crippen LogP contribution in [0.4, 0.5) is 0 Å². The molecule has 0 bridgehead atoms. The maximum atomic E-state index is 13.0. The zero-order chi connectivity index (χ0) is 33.4. The van der Waals surface area contributed by atoms with Crippen LogP contribution in [0.5, 0.6) is 0 Å². The number of carbonyl (C=O) groups is 3. The number of rotatable bonds is 11. The van der Waals surface area contributed by atoms with E-state index in [1.165, 1.54) is 0 Å². The predicted octanol–water partition coefficient (Wildman–Crippen LogP) is 3.38. The van der Waals surface area contributed by atoms with Crippen LogP contribution in [-0.4, -0.2) is 80.8 Å². The Balaban J connectivity index is 1.16. The summed E-state index contributed by atoms with van der Waals surface area (Å²) in [5.74, 6) is -0.501. The third kappa shape index (κ3) is 6.74. The summed E-state index contributed by atoms with van der Waals surface area (Å²) in [4.78, 5) is 37.5. The summed E-state index contributed by atoms with van der Waals surface area (Å²) in [5, 5.41) is 58.6. The zero-order valence-corrected chi connectivity index (χ0v) is 28.3. The van der Waals surface area contributed by atoms with Gasteiger partial charge in [-0.1, -0.05) is 40.0 Å². The molecule has 0 aromatic rings. The van der Waals surface area contributed by atoms with E-state index in [-0.39, 0.29) is 77.7 Å². The monoisotopic (exact) mass is 648 g/mol. The lowest BCUT2D eigenvalue weighted by Crippen LogP contribution is -2.62. The topological polar surface area (TPSA) is 176 Å². The van der Waals surface area contributed by atoms with Crippen molar-refractivity contribution in [2.45, 2.75) is 141 Å². The Morgan fingerprint density at radius 3 is 2.30 bits per heavy atom. The Bertz CT molecular complexity index is 1110. The molecule has 46 heavy (non-hydrogen) atoms. The number of hydrogen-bond donors (Lipinski definition) is 7. The number of fused-ring (bicyclic) bond motifs is 5. The zero-order valence-electron chi connectivity index (χ0n) is 28.3. The van der Waals surface area contributed by atoms with Gasteiger partial charge in [0.2, 0.25) is 11.8 Å². The van der Waals surface area contributed by atoms with Crippen molar-refractivity contribution >= 4 is 17.8 Å². The highest BCUT2D eigenvalue weighted by Gasteiger charge is 2.65. The van der Waals surface area contributed by atoms with E-state index in [0.717, 1.165) is 70.6 Å². The number of hydrogen-bond acceptors (Lipinski definition) is 7. The van der Waals surface area contributed by atoms with Gasteiger partial charge in [-0.15, -0.1) is 0 Å². The molecule has 5 saturated carbocycles. The Hall–Kier alpha value is -1.75. The number of carbonyl (C=O) groups excluding carboxylic acids is 2. The van der Waals surface area contributed by atoms with Crippen molar-refractivity contribution in [2.75, 3.05) is 13.2 Å². The number of nitrogens with one attached hydrogen (secondary N) is 2. The van der Waals surface area contributed by atoms with Crippen molar-refractivity contribution in [3.05, 3.63) is 0 Å². The fourth-order valence-corrected chi connectivity index (χ4v) is 11.6. The van der Waals surface area contributed by atoms with Crippen LogP contribution < -0.4 is 10.6 Å². The van der Waals surface area contributed by atoms with Gasteiger partial charge in [0.25, 0.3) is 0 Å². The van der Waals surface area contributed by atoms with Crippen LogP contribution in [0, 0.1) is 51.8 Å². The number of carboxylic acid groups (broad SMARTS) is 1. The summed E-state index contributed by atoms with van der Waals surface area (Å²) in [6.07, 6.45) is 9.65. The molecule has 0 spiro atoms. The highest BCUT2D eigenvalue weighted by atomic mass is 16.4. The van der Waals surface area contributed by atoms with E-state index in [4.69, 9.17) is 0 Å². The molecule has 2 amide bonds. The fourth-order valence-electron chi connectivity index (χ4n) is 11.6. The van der Waals surface area contributed by atoms with Gasteiger partial charge < -0.3 is 36.2 Å². The van der Waals surface area contributed by atoms with Crippen molar-refractivity contribution in [1.29, 1.82) is 0 Å². The molecule has 0 saturated heterocycles. The second-order valence-electron chi connectivity index (χ2n) is 16.7. The normalized spacial score (nSPS) is 41.3. The molecule has 0 heterocycles. The van der Waals surface area contributed by atoms with E-state index in [1.54, 1.807) is 0 Å². The number of amides is 2. The average molecular weight is 649 g/mol. The van der Waals surface area contributed by atoms with Crippen LogP contribution in [0.25, 0.3) is 0 Å². The molecule has 5 aliphatic rings. The van der Waals surface area contributed by atoms with Crippen LogP contribution in [0.2, 0.25) is 0 Å². The number of carboxylic acids is 1. The van der Waals surface area contributed by atoms with Crippen LogP contribution in [0.1, 0.15) is 117 Å². The lowest BCUT2D eigenvalue weighted by atomic mass is 9.43. The lowest BCUT2D eigenvalue weighted by molar-refractivity contribution is -0.207. The van der Waals surface area contributed by atoms with Crippen LogP contribution in [0.3, 0.4) is 0 Å². The summed E-state index contributed by atoms with van der Waals surface area (Å²) >= 11 is 0. The second kappa shape index (κ2) is 14.0. The van der Waals surface area contributed by atoms with Gasteiger partial charge in [-0.05, 0) is 116 Å². The van der Waals surface area contributed by atoms with E-state index in [0.29, 0.717) is 12.8 Å². The Morgan fingerprint density at radius 2 is 1.63 bits per heavy atom. The quantitative estimate of drug-likeness (QED) is 0.178. The first-order valence-corrected chi connectivity index (χ1v) is 18.2. The van der Waals surface area contributed by atoms with Crippen molar-refractivity contribution in [3.63, 3.8) is 0 Å². The molecule has 5 fully saturated rings. The lowest BCUT2D eigenvalue weighted by Gasteiger charge is -2.63. The predicted molar refractivity (Wildman–Crippen MR) is 172 cm³/mol. The van der Waals surface area contributed by atoms with Gasteiger partial charge >= 0.3 is 5.97 Å². The van der Waals surface area contributed by atoms with E-state index < -0.39 is 42.1 Å². The summed E-state index contributed by atoms with van der Waals surface area (Å²) in [6, 6.07) is -1.10. The van der Waals surface area contributed by atoms with E-state index in [1.807, 2.05) is 0 Å². The Morgan fingerprint density at radius 1 is 0.913 bits per heavy atom. The smallest absolute Gasteiger partial charge is 0.303 e. The first-order valence-electron chi connectivity index (χ1n) is 18.2. The van der Waals surface area contributed by atoms with E-state index in [2.05, 4.69) is 31.4 Å². The molecule has 5 rings (SSSR count). The highest BCUT2D eigenvalue weighted by Crippen LogP contribution is 2.68. The van der Waals surface area contributed by atoms with Crippen molar-refractivity contribution in [3.8, 4) is 0 Å². The van der Waals surface area contributed by atoms with Crippen molar-refractivity contribution < 1.29 is 39.9 Å². The summed E-state index contributed by atoms with van der Waals surface area (Å²) < 4.78 is 0. The highest BCUT2D eigenvalue weighted by molar-refractivity contribution is 5.87. The number of aliphatic carboxylic acids is 1. The second-order valence-corrected chi connectivity index (χ2v) is 16.7. The summed E-state index contributed by atoms with van der Waals surface area (Å²) in [5.41, 5.74) is -0.825. The van der Waals surface area contributed by atoms with E-state index in [9.17, 15) is 39.9 Å². The van der Waals surface area contributed by atoms with Crippen LogP contribution in [-0.2, 0) is 14.4 Å². The molecule has 10 heteroatoms. The molecular formula is C36H60N2O8. The third-order valence-corrected chi connectivity index (χ3v) is 14.3. The van der Waals surface area contributed by atoms with Gasteiger partial charge in [-0.3, -0.25) is 14.4 Å². The third-order valence-electron chi connectivity index (χ3n) is 14.3. The molecule has 7 N–H and O–H groups in total. The van der Waals surface area contributed by atoms with Crippen LogP contribution >= 0.6 is 0 Å².